The van der Waals surface area contributed by atoms with E-state index in [0.29, 0.717) is 18.4 Å². The van der Waals surface area contributed by atoms with Crippen LogP contribution in [0.1, 0.15) is 44.6 Å². The highest BCUT2D eigenvalue weighted by atomic mass is 16.1. The Kier molecular flexibility index (Phi) is 4.11. The van der Waals surface area contributed by atoms with Crippen molar-refractivity contribution in [1.82, 2.24) is 9.88 Å². The first-order chi connectivity index (χ1) is 11.6. The second-order valence-electron chi connectivity index (χ2n) is 7.98. The topological polar surface area (TPSA) is 34.0 Å². The summed E-state index contributed by atoms with van der Waals surface area (Å²) in [5, 5.41) is 4.56. The van der Waals surface area contributed by atoms with Gasteiger partial charge in [0.25, 0.3) is 0 Å². The summed E-state index contributed by atoms with van der Waals surface area (Å²) >= 11 is 0. The lowest BCUT2D eigenvalue weighted by Gasteiger charge is -2.28. The van der Waals surface area contributed by atoms with Gasteiger partial charge in [-0.2, -0.15) is 0 Å². The number of benzene rings is 1. The number of nitrogens with zero attached hydrogens (tertiary/aromatic N) is 1. The molecule has 2 saturated carbocycles. The fraction of sp³-hybridized carbons (Fsp3) is 0.571. The van der Waals surface area contributed by atoms with Gasteiger partial charge in [-0.25, -0.2) is 0 Å². The van der Waals surface area contributed by atoms with Crippen LogP contribution in [0.2, 0.25) is 0 Å². The first kappa shape index (κ1) is 15.7. The predicted octanol–water partition coefficient (Wildman–Crippen LogP) is 4.05. The number of fused-ring (bicyclic) bond motifs is 3. The highest BCUT2D eigenvalue weighted by molar-refractivity contribution is 5.85. The molecule has 128 valence electrons. The second kappa shape index (κ2) is 6.27. The molecular formula is C21H28N2O. The van der Waals surface area contributed by atoms with E-state index in [0.717, 1.165) is 18.3 Å². The van der Waals surface area contributed by atoms with Crippen molar-refractivity contribution in [3.63, 3.8) is 0 Å². The minimum Gasteiger partial charge on any atom is -0.353 e. The van der Waals surface area contributed by atoms with Crippen LogP contribution >= 0.6 is 0 Å². The first-order valence-electron chi connectivity index (χ1n) is 9.44. The number of carbonyl (C=O) groups is 1. The number of carbonyl (C=O) groups excluding carboxylic acids is 1. The summed E-state index contributed by atoms with van der Waals surface area (Å²) in [6.07, 6.45) is 9.10. The molecular weight excluding hydrogens is 296 g/mol. The van der Waals surface area contributed by atoms with Crippen molar-refractivity contribution in [2.75, 3.05) is 0 Å². The molecule has 1 aromatic heterocycles. The standard InChI is InChI=1S/C21H28N2O/c1-14(19-12-15-7-8-16(19)11-15)22-21(24)10-9-17-13-23(2)20-6-4-3-5-18(17)20/h3-6,13-16,19H,7-12H2,1-2H3,(H,22,24)/t14-,15-,16-,19-/m0/s1. The van der Waals surface area contributed by atoms with E-state index >= 15 is 0 Å². The van der Waals surface area contributed by atoms with Crippen LogP contribution in [-0.4, -0.2) is 16.5 Å². The number of aromatic nitrogens is 1. The Morgan fingerprint density at radius 3 is 2.88 bits per heavy atom. The fourth-order valence-corrected chi connectivity index (χ4v) is 5.21. The van der Waals surface area contributed by atoms with Crippen molar-refractivity contribution in [1.29, 1.82) is 0 Å². The van der Waals surface area contributed by atoms with Gasteiger partial charge in [-0.05, 0) is 62.0 Å². The normalized spacial score (nSPS) is 26.8. The molecule has 1 amide bonds. The maximum Gasteiger partial charge on any atom is 0.220 e. The highest BCUT2D eigenvalue weighted by Crippen LogP contribution is 2.49. The van der Waals surface area contributed by atoms with Gasteiger partial charge in [-0.15, -0.1) is 0 Å². The number of rotatable bonds is 5. The van der Waals surface area contributed by atoms with Gasteiger partial charge in [0, 0.05) is 36.6 Å². The van der Waals surface area contributed by atoms with E-state index in [4.69, 9.17) is 0 Å². The third-order valence-corrected chi connectivity index (χ3v) is 6.42. The van der Waals surface area contributed by atoms with Crippen molar-refractivity contribution in [2.45, 2.75) is 51.5 Å². The minimum atomic E-state index is 0.207. The van der Waals surface area contributed by atoms with Crippen molar-refractivity contribution in [2.24, 2.45) is 24.8 Å². The first-order valence-corrected chi connectivity index (χ1v) is 9.44. The summed E-state index contributed by atoms with van der Waals surface area (Å²) in [5.41, 5.74) is 2.51. The highest BCUT2D eigenvalue weighted by Gasteiger charge is 2.42. The zero-order valence-electron chi connectivity index (χ0n) is 14.8. The molecule has 4 atom stereocenters. The number of hydrogen-bond acceptors (Lipinski definition) is 1. The smallest absolute Gasteiger partial charge is 0.220 e. The second-order valence-corrected chi connectivity index (χ2v) is 7.98. The maximum absolute atomic E-state index is 12.4. The molecule has 1 heterocycles. The lowest BCUT2D eigenvalue weighted by molar-refractivity contribution is -0.122. The van der Waals surface area contributed by atoms with Crippen LogP contribution < -0.4 is 5.32 Å². The van der Waals surface area contributed by atoms with Crippen LogP contribution in [0, 0.1) is 17.8 Å². The molecule has 2 bridgehead atoms. The quantitative estimate of drug-likeness (QED) is 0.884. The van der Waals surface area contributed by atoms with Crippen LogP contribution in [-0.2, 0) is 18.3 Å². The zero-order valence-corrected chi connectivity index (χ0v) is 14.8. The van der Waals surface area contributed by atoms with Crippen molar-refractivity contribution in [3.05, 3.63) is 36.0 Å². The average Bonchev–Trinajstić information content (AvgIpc) is 3.28. The minimum absolute atomic E-state index is 0.207. The number of hydrogen-bond donors (Lipinski definition) is 1. The zero-order chi connectivity index (χ0) is 16.7. The van der Waals surface area contributed by atoms with Gasteiger partial charge in [0.1, 0.15) is 0 Å². The van der Waals surface area contributed by atoms with Gasteiger partial charge in [0.2, 0.25) is 5.91 Å². The van der Waals surface area contributed by atoms with Gasteiger partial charge >= 0.3 is 0 Å². The van der Waals surface area contributed by atoms with E-state index in [1.807, 2.05) is 0 Å². The molecule has 1 aromatic carbocycles. The SMILES string of the molecule is C[C@H](NC(=O)CCc1cn(C)c2ccccc12)[C@@H]1C[C@H]2CC[C@H]1C2. The molecule has 3 nitrogen and oxygen atoms in total. The molecule has 0 saturated heterocycles. The number of aryl methyl sites for hydroxylation is 2. The monoisotopic (exact) mass is 324 g/mol. The van der Waals surface area contributed by atoms with Crippen molar-refractivity contribution >= 4 is 16.8 Å². The lowest BCUT2D eigenvalue weighted by Crippen LogP contribution is -2.40. The number of amides is 1. The molecule has 2 aliphatic carbocycles. The Morgan fingerprint density at radius 1 is 1.29 bits per heavy atom. The molecule has 0 radical (unpaired) electrons. The van der Waals surface area contributed by atoms with Crippen LogP contribution in [0.25, 0.3) is 10.9 Å². The maximum atomic E-state index is 12.4. The summed E-state index contributed by atoms with van der Waals surface area (Å²) in [4.78, 5) is 12.4. The molecule has 0 unspecified atom stereocenters. The van der Waals surface area contributed by atoms with Crippen LogP contribution in [0.5, 0.6) is 0 Å². The summed E-state index contributed by atoms with van der Waals surface area (Å²) in [6, 6.07) is 8.76. The van der Waals surface area contributed by atoms with E-state index in [1.54, 1.807) is 0 Å². The average molecular weight is 324 g/mol. The van der Waals surface area contributed by atoms with E-state index < -0.39 is 0 Å². The fourth-order valence-electron chi connectivity index (χ4n) is 5.21. The van der Waals surface area contributed by atoms with Crippen LogP contribution in [0.4, 0.5) is 0 Å². The van der Waals surface area contributed by atoms with Gasteiger partial charge in [-0.3, -0.25) is 4.79 Å². The van der Waals surface area contributed by atoms with Gasteiger partial charge in [0.05, 0.1) is 0 Å². The molecule has 4 rings (SSSR count). The lowest BCUT2D eigenvalue weighted by atomic mass is 9.84. The summed E-state index contributed by atoms with van der Waals surface area (Å²) < 4.78 is 2.15. The Bertz CT molecular complexity index is 747. The number of nitrogens with one attached hydrogen (secondary N) is 1. The van der Waals surface area contributed by atoms with Gasteiger partial charge < -0.3 is 9.88 Å². The molecule has 2 aliphatic rings. The van der Waals surface area contributed by atoms with Crippen LogP contribution in [0.3, 0.4) is 0 Å². The summed E-state index contributed by atoms with van der Waals surface area (Å²) in [5.74, 6) is 2.72. The van der Waals surface area contributed by atoms with Crippen molar-refractivity contribution < 1.29 is 4.79 Å². The largest absolute Gasteiger partial charge is 0.353 e. The Balaban J connectivity index is 1.34. The Labute approximate surface area is 144 Å². The molecule has 2 aromatic rings. The Hall–Kier alpha value is -1.77. The molecule has 0 aliphatic heterocycles. The molecule has 3 heteroatoms. The van der Waals surface area contributed by atoms with Gasteiger partial charge in [0.15, 0.2) is 0 Å². The molecule has 2 fully saturated rings. The summed E-state index contributed by atoms with van der Waals surface area (Å²) in [7, 11) is 2.07. The third-order valence-electron chi connectivity index (χ3n) is 6.42. The predicted molar refractivity (Wildman–Crippen MR) is 97.8 cm³/mol. The summed E-state index contributed by atoms with van der Waals surface area (Å²) in [6.45, 7) is 2.21. The molecule has 24 heavy (non-hydrogen) atoms. The molecule has 1 N–H and O–H groups in total. The van der Waals surface area contributed by atoms with E-state index in [-0.39, 0.29) is 5.91 Å². The third kappa shape index (κ3) is 2.85. The van der Waals surface area contributed by atoms with E-state index in [1.165, 1.54) is 42.1 Å². The molecule has 0 spiro atoms. The number of para-hydroxylation sites is 1. The van der Waals surface area contributed by atoms with Gasteiger partial charge in [-0.1, -0.05) is 24.6 Å². The Morgan fingerprint density at radius 2 is 2.12 bits per heavy atom. The van der Waals surface area contributed by atoms with Crippen molar-refractivity contribution in [3.8, 4) is 0 Å². The van der Waals surface area contributed by atoms with Crippen LogP contribution in [0.15, 0.2) is 30.5 Å². The van der Waals surface area contributed by atoms with E-state index in [2.05, 4.69) is 54.3 Å². The van der Waals surface area contributed by atoms with E-state index in [9.17, 15) is 4.79 Å².